The monoisotopic (exact) mass is 276 g/mol. The Bertz CT molecular complexity index is 301. The van der Waals surface area contributed by atoms with Crippen molar-refractivity contribution in [2.45, 2.75) is 70.1 Å². The normalized spacial score (nSPS) is 42.6. The fourth-order valence-corrected chi connectivity index (χ4v) is 5.47. The number of hydrogen-bond acceptors (Lipinski definition) is 1. The van der Waals surface area contributed by atoms with Crippen molar-refractivity contribution in [1.82, 2.24) is 0 Å². The van der Waals surface area contributed by atoms with E-state index in [0.717, 1.165) is 37.0 Å². The summed E-state index contributed by atoms with van der Waals surface area (Å²) >= 11 is 0. The number of aliphatic hydroxyl groups excluding tert-OH is 1. The fraction of sp³-hybridized carbons (Fsp3) is 1.00. The first-order chi connectivity index (χ1) is 8.84. The molecule has 0 aromatic carbocycles. The van der Waals surface area contributed by atoms with Gasteiger partial charge in [-0.15, -0.1) is 0 Å². The lowest BCUT2D eigenvalue weighted by Gasteiger charge is -2.57. The van der Waals surface area contributed by atoms with Crippen molar-refractivity contribution in [3.8, 4) is 0 Å². The van der Waals surface area contributed by atoms with Crippen LogP contribution in [-0.2, 0) is 0 Å². The van der Waals surface area contributed by atoms with E-state index in [9.17, 15) is 18.3 Å². The number of halogens is 3. The summed E-state index contributed by atoms with van der Waals surface area (Å²) in [6.45, 7) is 0. The highest BCUT2D eigenvalue weighted by Crippen LogP contribution is 2.61. The van der Waals surface area contributed by atoms with E-state index in [1.54, 1.807) is 0 Å². The Kier molecular flexibility index (Phi) is 3.35. The molecule has 1 atom stereocenters. The van der Waals surface area contributed by atoms with E-state index < -0.39 is 18.7 Å². The van der Waals surface area contributed by atoms with Gasteiger partial charge in [0.1, 0.15) is 0 Å². The Hall–Kier alpha value is -0.250. The van der Waals surface area contributed by atoms with Gasteiger partial charge in [0.15, 0.2) is 0 Å². The van der Waals surface area contributed by atoms with Gasteiger partial charge in [-0.2, -0.15) is 13.2 Å². The van der Waals surface area contributed by atoms with Gasteiger partial charge in [0.25, 0.3) is 0 Å². The van der Waals surface area contributed by atoms with Crippen molar-refractivity contribution >= 4 is 0 Å². The van der Waals surface area contributed by atoms with E-state index in [4.69, 9.17) is 0 Å². The van der Waals surface area contributed by atoms with Gasteiger partial charge in [-0.25, -0.2) is 0 Å². The summed E-state index contributed by atoms with van der Waals surface area (Å²) in [4.78, 5) is 0. The van der Waals surface area contributed by atoms with Gasteiger partial charge in [0, 0.05) is 6.42 Å². The maximum absolute atomic E-state index is 12.2. The van der Waals surface area contributed by atoms with Gasteiger partial charge < -0.3 is 5.11 Å². The van der Waals surface area contributed by atoms with Crippen LogP contribution < -0.4 is 0 Å². The quantitative estimate of drug-likeness (QED) is 0.812. The average Bonchev–Trinajstić information content (AvgIpc) is 2.22. The van der Waals surface area contributed by atoms with E-state index in [1.807, 2.05) is 0 Å². The Morgan fingerprint density at radius 1 is 1.00 bits per heavy atom. The van der Waals surface area contributed by atoms with Crippen LogP contribution >= 0.6 is 0 Å². The highest BCUT2D eigenvalue weighted by Gasteiger charge is 2.51. The largest absolute Gasteiger partial charge is 0.393 e. The maximum Gasteiger partial charge on any atom is 0.389 e. The Morgan fingerprint density at radius 3 is 1.89 bits per heavy atom. The van der Waals surface area contributed by atoms with Gasteiger partial charge in [-0.3, -0.25) is 0 Å². The first-order valence-electron chi connectivity index (χ1n) is 7.58. The predicted octanol–water partition coefficient (Wildman–Crippen LogP) is 4.30. The zero-order valence-electron chi connectivity index (χ0n) is 11.3. The van der Waals surface area contributed by atoms with Crippen molar-refractivity contribution in [1.29, 1.82) is 0 Å². The van der Waals surface area contributed by atoms with Crippen LogP contribution in [0.1, 0.15) is 57.8 Å². The molecule has 4 bridgehead atoms. The summed E-state index contributed by atoms with van der Waals surface area (Å²) in [6.07, 6.45) is 2.19. The summed E-state index contributed by atoms with van der Waals surface area (Å²) in [5.74, 6) is 2.38. The standard InChI is InChI=1S/C15H23F3O/c16-15(17,18)2-1-13(19)9-14-6-10-3-11(7-14)5-12(4-10)8-14/h10-13,19H,1-9H2. The van der Waals surface area contributed by atoms with Gasteiger partial charge >= 0.3 is 6.18 Å². The van der Waals surface area contributed by atoms with Crippen LogP contribution in [0.25, 0.3) is 0 Å². The highest BCUT2D eigenvalue weighted by molar-refractivity contribution is 5.02. The molecule has 4 fully saturated rings. The third-order valence-electron chi connectivity index (χ3n) is 5.59. The predicted molar refractivity (Wildman–Crippen MR) is 66.5 cm³/mol. The molecule has 4 aliphatic rings. The Morgan fingerprint density at radius 2 is 1.47 bits per heavy atom. The molecule has 0 aliphatic heterocycles. The number of hydrogen-bond donors (Lipinski definition) is 1. The second-order valence-electron chi connectivity index (χ2n) is 7.43. The van der Waals surface area contributed by atoms with Crippen molar-refractivity contribution < 1.29 is 18.3 Å². The fourth-order valence-electron chi connectivity index (χ4n) is 5.47. The van der Waals surface area contributed by atoms with E-state index in [0.29, 0.717) is 6.42 Å². The maximum atomic E-state index is 12.2. The molecule has 19 heavy (non-hydrogen) atoms. The number of rotatable bonds is 4. The Balaban J connectivity index is 1.57. The highest BCUT2D eigenvalue weighted by atomic mass is 19.4. The third kappa shape index (κ3) is 3.09. The minimum Gasteiger partial charge on any atom is -0.393 e. The lowest BCUT2D eigenvalue weighted by atomic mass is 9.48. The first-order valence-corrected chi connectivity index (χ1v) is 7.58. The topological polar surface area (TPSA) is 20.2 Å². The van der Waals surface area contributed by atoms with Crippen LogP contribution in [0.3, 0.4) is 0 Å². The van der Waals surface area contributed by atoms with E-state index in [-0.39, 0.29) is 11.8 Å². The van der Waals surface area contributed by atoms with Crippen molar-refractivity contribution in [2.24, 2.45) is 23.2 Å². The second kappa shape index (κ2) is 4.64. The molecule has 0 aromatic rings. The molecule has 0 heterocycles. The van der Waals surface area contributed by atoms with Crippen molar-refractivity contribution in [3.05, 3.63) is 0 Å². The molecule has 110 valence electrons. The summed E-state index contributed by atoms with van der Waals surface area (Å²) in [5.41, 5.74) is 0.180. The number of aliphatic hydroxyl groups is 1. The van der Waals surface area contributed by atoms with Crippen LogP contribution in [0.5, 0.6) is 0 Å². The SMILES string of the molecule is OC(CCC(F)(F)F)CC12CC3CC(CC(C3)C1)C2. The molecule has 4 aliphatic carbocycles. The molecular formula is C15H23F3O. The third-order valence-corrected chi connectivity index (χ3v) is 5.59. The van der Waals surface area contributed by atoms with E-state index in [1.165, 1.54) is 19.3 Å². The lowest BCUT2D eigenvalue weighted by molar-refractivity contribution is -0.143. The number of alkyl halides is 3. The summed E-state index contributed by atoms with van der Waals surface area (Å²) in [6, 6.07) is 0. The summed E-state index contributed by atoms with van der Waals surface area (Å²) in [7, 11) is 0. The molecule has 0 amide bonds. The van der Waals surface area contributed by atoms with Crippen LogP contribution in [0.15, 0.2) is 0 Å². The van der Waals surface area contributed by atoms with Crippen LogP contribution in [-0.4, -0.2) is 17.4 Å². The molecule has 1 N–H and O–H groups in total. The molecule has 0 aromatic heterocycles. The molecule has 1 unspecified atom stereocenters. The molecule has 4 rings (SSSR count). The zero-order valence-corrected chi connectivity index (χ0v) is 11.3. The second-order valence-corrected chi connectivity index (χ2v) is 7.43. The molecule has 1 nitrogen and oxygen atoms in total. The summed E-state index contributed by atoms with van der Waals surface area (Å²) < 4.78 is 36.6. The van der Waals surface area contributed by atoms with E-state index in [2.05, 4.69) is 0 Å². The summed E-state index contributed by atoms with van der Waals surface area (Å²) in [5, 5.41) is 9.97. The van der Waals surface area contributed by atoms with Crippen LogP contribution in [0.4, 0.5) is 13.2 Å². The molecule has 0 radical (unpaired) electrons. The van der Waals surface area contributed by atoms with Crippen LogP contribution in [0.2, 0.25) is 0 Å². The molecule has 0 saturated heterocycles. The van der Waals surface area contributed by atoms with Crippen LogP contribution in [0, 0.1) is 23.2 Å². The minimum absolute atomic E-state index is 0.120. The molecule has 0 spiro atoms. The van der Waals surface area contributed by atoms with Crippen molar-refractivity contribution in [2.75, 3.05) is 0 Å². The Labute approximate surface area is 112 Å². The average molecular weight is 276 g/mol. The lowest BCUT2D eigenvalue weighted by Crippen LogP contribution is -2.47. The minimum atomic E-state index is -4.14. The van der Waals surface area contributed by atoms with Gasteiger partial charge in [0.05, 0.1) is 6.10 Å². The van der Waals surface area contributed by atoms with Gasteiger partial charge in [0.2, 0.25) is 0 Å². The molecule has 4 heteroatoms. The first kappa shape index (κ1) is 13.7. The smallest absolute Gasteiger partial charge is 0.389 e. The zero-order chi connectivity index (χ0) is 13.7. The van der Waals surface area contributed by atoms with Gasteiger partial charge in [-0.05, 0) is 74.5 Å². The van der Waals surface area contributed by atoms with Gasteiger partial charge in [-0.1, -0.05) is 0 Å². The van der Waals surface area contributed by atoms with Crippen molar-refractivity contribution in [3.63, 3.8) is 0 Å². The van der Waals surface area contributed by atoms with E-state index >= 15 is 0 Å². The molecule has 4 saturated carbocycles. The molecular weight excluding hydrogens is 253 g/mol.